The molecule has 5 atom stereocenters. The van der Waals surface area contributed by atoms with E-state index in [1.54, 1.807) is 58.2 Å². The van der Waals surface area contributed by atoms with Crippen LogP contribution in [0.15, 0.2) is 75.5 Å². The highest BCUT2D eigenvalue weighted by Gasteiger charge is 2.34. The predicted molar refractivity (Wildman–Crippen MR) is 185 cm³/mol. The zero-order valence-corrected chi connectivity index (χ0v) is 30.6. The van der Waals surface area contributed by atoms with Crippen LogP contribution in [0.25, 0.3) is 10.4 Å². The van der Waals surface area contributed by atoms with Crippen LogP contribution in [0.3, 0.4) is 0 Å². The average molecular weight is 766 g/mol. The molecule has 0 saturated carbocycles. The molecule has 0 fully saturated rings. The topological polar surface area (TPSA) is 346 Å². The highest BCUT2D eigenvalue weighted by atomic mass is 35.5. The van der Waals surface area contributed by atoms with Gasteiger partial charge in [0.25, 0.3) is 5.69 Å². The van der Waals surface area contributed by atoms with E-state index in [4.69, 9.17) is 50.7 Å². The van der Waals surface area contributed by atoms with Crippen molar-refractivity contribution in [2.24, 2.45) is 38.5 Å². The number of hydrogen-bond acceptors (Lipinski definition) is 15. The molecule has 0 aliphatic heterocycles. The van der Waals surface area contributed by atoms with Gasteiger partial charge in [-0.2, -0.15) is 10.4 Å². The standard InChI is InChI=1S/C20H24NO8P.C7H13ClO3.H3N5.H2N4.H3N/c1-15(20(22)27-13-16(2)26-3)14-30(25,28-18-7-5-4-6-8-18)29-19-11-9-17(10-12-19)21(23)24;1-5(10-3)4-11-7(9)6(2)8;1-3-5-4-2;1-3-4-2;/h4-12,15-16H,13-14H2,1-3H3;5-6H,4H2,1-3H3;(H3,1,2,5);1H2;1H3/t15-,16-,30?;5-,6+;;;/m01.../s1. The van der Waals surface area contributed by atoms with Gasteiger partial charge in [0.1, 0.15) is 30.1 Å². The molecule has 0 aliphatic rings. The summed E-state index contributed by atoms with van der Waals surface area (Å²) >= 11 is 5.44. The van der Waals surface area contributed by atoms with Crippen LogP contribution >= 0.6 is 19.2 Å². The van der Waals surface area contributed by atoms with Gasteiger partial charge in [-0.1, -0.05) is 30.3 Å². The van der Waals surface area contributed by atoms with E-state index >= 15 is 0 Å². The van der Waals surface area contributed by atoms with Gasteiger partial charge in [-0.3, -0.25) is 25.5 Å². The van der Waals surface area contributed by atoms with E-state index < -0.39 is 35.8 Å². The Labute approximate surface area is 299 Å². The van der Waals surface area contributed by atoms with Crippen LogP contribution in [-0.4, -0.2) is 68.0 Å². The minimum atomic E-state index is -3.87. The lowest BCUT2D eigenvalue weighted by Gasteiger charge is -2.22. The maximum absolute atomic E-state index is 13.5. The predicted octanol–water partition coefficient (Wildman–Crippen LogP) is 6.24. The molecule has 286 valence electrons. The van der Waals surface area contributed by atoms with E-state index in [1.165, 1.54) is 31.4 Å². The largest absolute Gasteiger partial charge is 0.463 e. The van der Waals surface area contributed by atoms with Crippen LogP contribution in [-0.2, 0) is 33.1 Å². The third kappa shape index (κ3) is 25.5. The number of halogens is 1. The third-order valence-corrected chi connectivity index (χ3v) is 7.53. The first-order valence-electron chi connectivity index (χ1n) is 14.1. The summed E-state index contributed by atoms with van der Waals surface area (Å²) in [6.07, 6.45) is -0.599. The van der Waals surface area contributed by atoms with E-state index in [0.717, 1.165) is 0 Å². The van der Waals surface area contributed by atoms with Gasteiger partial charge in [-0.05, 0) is 60.7 Å². The molecule has 0 radical (unpaired) electrons. The molecule has 8 N–H and O–H groups in total. The number of carbonyl (C=O) groups is 2. The van der Waals surface area contributed by atoms with E-state index in [0.29, 0.717) is 5.75 Å². The maximum atomic E-state index is 13.5. The number of rotatable bonds is 16. The molecule has 0 spiro atoms. The Hall–Kier alpha value is -5.11. The molecule has 0 aromatic heterocycles. The number of nitro benzene ring substituents is 1. The second-order valence-corrected chi connectivity index (χ2v) is 12.0. The minimum absolute atomic E-state index is 0. The van der Waals surface area contributed by atoms with Crippen molar-refractivity contribution in [2.45, 2.75) is 45.3 Å². The number of methoxy groups -OCH3 is 2. The molecule has 2 aromatic rings. The maximum Gasteiger partial charge on any atom is 0.431 e. The Morgan fingerprint density at radius 2 is 1.39 bits per heavy atom. The summed E-state index contributed by atoms with van der Waals surface area (Å²) < 4.78 is 44.5. The first kappa shape index (κ1) is 50.3. The first-order valence-corrected chi connectivity index (χ1v) is 16.3. The van der Waals surface area contributed by atoms with Crippen molar-refractivity contribution in [3.63, 3.8) is 0 Å². The van der Waals surface area contributed by atoms with Crippen LogP contribution in [0.1, 0.15) is 27.7 Å². The number of alkyl halides is 1. The molecule has 0 bridgehead atoms. The number of carbonyl (C=O) groups excluding carboxylic acids is 2. The fraction of sp³-hybridized carbons (Fsp3) is 0.481. The number of nitrogens with two attached hydrogens (primary N) is 2. The van der Waals surface area contributed by atoms with Gasteiger partial charge in [0.2, 0.25) is 0 Å². The molecular formula is C27H45ClN11O11P. The van der Waals surface area contributed by atoms with Gasteiger partial charge >= 0.3 is 19.5 Å². The molecule has 2 aromatic carbocycles. The quantitative estimate of drug-likeness (QED) is 0.0169. The number of ether oxygens (including phenoxy) is 4. The van der Waals surface area contributed by atoms with Crippen LogP contribution in [0.5, 0.6) is 11.5 Å². The number of nitro groups is 1. The van der Waals surface area contributed by atoms with Crippen LogP contribution < -0.4 is 26.9 Å². The van der Waals surface area contributed by atoms with Crippen molar-refractivity contribution < 1.29 is 47.1 Å². The van der Waals surface area contributed by atoms with Crippen molar-refractivity contribution in [1.29, 1.82) is 5.53 Å². The number of azide groups is 1. The average Bonchev–Trinajstić information content (AvgIpc) is 3.10. The number of esters is 2. The molecule has 51 heavy (non-hydrogen) atoms. The molecular weight excluding hydrogens is 721 g/mol. The smallest absolute Gasteiger partial charge is 0.431 e. The number of hydrogen-bond donors (Lipinski definition) is 4. The summed E-state index contributed by atoms with van der Waals surface area (Å²) in [7, 11) is -0.808. The highest BCUT2D eigenvalue weighted by Crippen LogP contribution is 2.50. The Kier molecular flexibility index (Phi) is 29.3. The Morgan fingerprint density at radius 3 is 1.75 bits per heavy atom. The number of para-hydroxylation sites is 1. The van der Waals surface area contributed by atoms with Crippen molar-refractivity contribution in [3.05, 3.63) is 75.2 Å². The van der Waals surface area contributed by atoms with Gasteiger partial charge < -0.3 is 40.0 Å². The van der Waals surface area contributed by atoms with E-state index in [2.05, 4.69) is 37.5 Å². The lowest BCUT2D eigenvalue weighted by Crippen LogP contribution is -2.25. The first-order chi connectivity index (χ1) is 23.6. The van der Waals surface area contributed by atoms with Gasteiger partial charge in [0, 0.05) is 26.4 Å². The summed E-state index contributed by atoms with van der Waals surface area (Å²) in [5, 5.41) is 20.4. The van der Waals surface area contributed by atoms with Gasteiger partial charge in [-0.25, -0.2) is 4.57 Å². The fourth-order valence-electron chi connectivity index (χ4n) is 2.75. The fourth-order valence-corrected chi connectivity index (χ4v) is 4.71. The lowest BCUT2D eigenvalue weighted by molar-refractivity contribution is -0.384. The second-order valence-electron chi connectivity index (χ2n) is 9.42. The number of benzene rings is 2. The van der Waals surface area contributed by atoms with Crippen LogP contribution in [0, 0.1) is 21.6 Å². The molecule has 0 amide bonds. The van der Waals surface area contributed by atoms with Crippen LogP contribution in [0.4, 0.5) is 5.69 Å². The zero-order valence-electron chi connectivity index (χ0n) is 28.9. The van der Waals surface area contributed by atoms with E-state index in [9.17, 15) is 24.3 Å². The summed E-state index contributed by atoms with van der Waals surface area (Å²) in [6, 6.07) is 13.5. The van der Waals surface area contributed by atoms with Crippen molar-refractivity contribution >= 4 is 36.8 Å². The van der Waals surface area contributed by atoms with Gasteiger partial charge in [-0.15, -0.1) is 17.1 Å². The highest BCUT2D eigenvalue weighted by molar-refractivity contribution is 7.54. The van der Waals surface area contributed by atoms with Crippen molar-refractivity contribution in [3.8, 4) is 11.5 Å². The molecule has 0 heterocycles. The Balaban J connectivity index is -0.000000901. The van der Waals surface area contributed by atoms with Crippen molar-refractivity contribution in [2.75, 3.05) is 33.6 Å². The second kappa shape index (κ2) is 29.8. The Morgan fingerprint density at radius 1 is 0.941 bits per heavy atom. The molecule has 0 saturated heterocycles. The van der Waals surface area contributed by atoms with Crippen molar-refractivity contribution in [1.82, 2.24) is 6.15 Å². The van der Waals surface area contributed by atoms with Gasteiger partial charge in [0.15, 0.2) is 0 Å². The van der Waals surface area contributed by atoms with Crippen LogP contribution in [0.2, 0.25) is 0 Å². The number of nitrogens with zero attached hydrogens (tertiary/aromatic N) is 7. The third-order valence-electron chi connectivity index (χ3n) is 5.38. The van der Waals surface area contributed by atoms with E-state index in [1.807, 2.05) is 6.92 Å². The van der Waals surface area contributed by atoms with Gasteiger partial charge in [0.05, 0.1) is 29.2 Å². The molecule has 24 heteroatoms. The SMILES string of the molecule is CO[C@@H](C)COC(=O)[C@@H](C)CP(=O)(Oc1ccccc1)Oc1ccc([N+](=O)[O-])cc1.CO[C@H](C)COC(=O)[C@H](C)Cl.N.N=N/N=N/N.[N-]=[N+]=NN. The molecule has 2 rings (SSSR count). The monoisotopic (exact) mass is 765 g/mol. The normalized spacial score (nSPS) is 13.2. The number of non-ortho nitro benzene ring substituents is 1. The summed E-state index contributed by atoms with van der Waals surface area (Å²) in [6.45, 7) is 7.01. The molecule has 0 aliphatic carbocycles. The summed E-state index contributed by atoms with van der Waals surface area (Å²) in [5.74, 6) is 7.28. The lowest BCUT2D eigenvalue weighted by atomic mass is 10.2. The summed E-state index contributed by atoms with van der Waals surface area (Å²) in [4.78, 5) is 35.4. The zero-order chi connectivity index (χ0) is 38.5. The number of nitrogens with one attached hydrogen (secondary N) is 1. The minimum Gasteiger partial charge on any atom is -0.463 e. The Bertz CT molecular complexity index is 1400. The molecule has 1 unspecified atom stereocenters. The van der Waals surface area contributed by atoms with E-state index in [-0.39, 0.29) is 49.2 Å². The summed E-state index contributed by atoms with van der Waals surface area (Å²) in [5.41, 5.74) is 13.0. The molecule has 22 nitrogen and oxygen atoms in total.